The molecule has 9 heteroatoms. The summed E-state index contributed by atoms with van der Waals surface area (Å²) in [6, 6.07) is 11.4. The molecule has 0 saturated heterocycles. The first-order chi connectivity index (χ1) is 16.9. The highest BCUT2D eigenvalue weighted by molar-refractivity contribution is 9.10. The number of nitrogen functional groups attached to an aromatic ring is 1. The van der Waals surface area contributed by atoms with Crippen molar-refractivity contribution in [2.45, 2.75) is 43.7 Å². The van der Waals surface area contributed by atoms with E-state index in [0.29, 0.717) is 11.3 Å². The molecule has 0 spiro atoms. The fraction of sp³-hybridized carbons (Fsp3) is 0.346. The Hall–Kier alpha value is -2.88. The van der Waals surface area contributed by atoms with E-state index in [0.717, 1.165) is 41.4 Å². The van der Waals surface area contributed by atoms with Crippen molar-refractivity contribution >= 4 is 27.7 Å². The van der Waals surface area contributed by atoms with E-state index in [1.807, 2.05) is 24.3 Å². The van der Waals surface area contributed by atoms with Crippen molar-refractivity contribution in [1.82, 2.24) is 15.3 Å². The van der Waals surface area contributed by atoms with E-state index in [9.17, 15) is 4.79 Å². The number of methoxy groups -OCH3 is 1. The maximum atomic E-state index is 15.1. The van der Waals surface area contributed by atoms with E-state index in [-0.39, 0.29) is 29.9 Å². The van der Waals surface area contributed by atoms with Gasteiger partial charge in [0.05, 0.1) is 29.6 Å². The fourth-order valence-corrected chi connectivity index (χ4v) is 4.92. The summed E-state index contributed by atoms with van der Waals surface area (Å²) in [5.74, 6) is -0.743. The second kappa shape index (κ2) is 11.2. The lowest BCUT2D eigenvalue weighted by molar-refractivity contribution is 0.0655. The van der Waals surface area contributed by atoms with E-state index in [1.165, 1.54) is 12.1 Å². The molecule has 35 heavy (non-hydrogen) atoms. The number of amides is 1. The normalized spacial score (nSPS) is 18.7. The van der Waals surface area contributed by atoms with Crippen molar-refractivity contribution in [2.24, 2.45) is 5.73 Å². The minimum absolute atomic E-state index is 0.0808. The van der Waals surface area contributed by atoms with Crippen molar-refractivity contribution in [2.75, 3.05) is 19.4 Å². The van der Waals surface area contributed by atoms with Crippen molar-refractivity contribution in [3.05, 3.63) is 75.8 Å². The molecule has 1 saturated carbocycles. The van der Waals surface area contributed by atoms with Gasteiger partial charge >= 0.3 is 0 Å². The van der Waals surface area contributed by atoms with Crippen LogP contribution in [0.15, 0.2) is 53.1 Å². The van der Waals surface area contributed by atoms with Crippen molar-refractivity contribution in [3.63, 3.8) is 0 Å². The molecule has 1 atom stereocenters. The molecule has 4 rings (SSSR count). The first kappa shape index (κ1) is 25.2. The van der Waals surface area contributed by atoms with Gasteiger partial charge in [-0.3, -0.25) is 4.79 Å². The van der Waals surface area contributed by atoms with E-state index >= 15 is 4.39 Å². The third-order valence-corrected chi connectivity index (χ3v) is 7.02. The number of rotatable bonds is 7. The maximum absolute atomic E-state index is 15.1. The van der Waals surface area contributed by atoms with Crippen LogP contribution in [0.25, 0.3) is 11.3 Å². The SMILES string of the molecule is COC1CCC(c2cnc(N)c(-c3ccc(C(=O)N[C@H](CN)c4cccc(Br)c4)c(F)c3)n2)CC1. The molecule has 1 amide bonds. The standard InChI is InChI=1S/C26H29BrFN5O2/c1-35-19-8-5-15(6-9-19)23-14-31-25(30)24(32-23)17-7-10-20(21(28)12-17)26(34)33-22(13-29)16-3-2-4-18(27)11-16/h2-4,7,10-12,14-15,19,22H,5-6,8-9,13,29H2,1H3,(H2,30,31)(H,33,34)/t15?,19?,22-/m1/s1. The lowest BCUT2D eigenvalue weighted by atomic mass is 9.85. The van der Waals surface area contributed by atoms with Crippen LogP contribution >= 0.6 is 15.9 Å². The van der Waals surface area contributed by atoms with Gasteiger partial charge in [-0.2, -0.15) is 0 Å². The van der Waals surface area contributed by atoms with Crippen LogP contribution in [-0.2, 0) is 4.74 Å². The number of carbonyl (C=O) groups excluding carboxylic acids is 1. The Kier molecular flexibility index (Phi) is 8.10. The molecule has 1 aliphatic rings. The Morgan fingerprint density at radius 2 is 2.00 bits per heavy atom. The van der Waals surface area contributed by atoms with Gasteiger partial charge in [0, 0.05) is 29.6 Å². The van der Waals surface area contributed by atoms with Crippen LogP contribution in [0.2, 0.25) is 0 Å². The predicted molar refractivity (Wildman–Crippen MR) is 137 cm³/mol. The van der Waals surface area contributed by atoms with Crippen LogP contribution in [-0.4, -0.2) is 35.6 Å². The zero-order valence-corrected chi connectivity index (χ0v) is 21.1. The molecular weight excluding hydrogens is 513 g/mol. The van der Waals surface area contributed by atoms with Crippen molar-refractivity contribution in [1.29, 1.82) is 0 Å². The average Bonchev–Trinajstić information content (AvgIpc) is 2.87. The van der Waals surface area contributed by atoms with E-state index in [1.54, 1.807) is 19.4 Å². The summed E-state index contributed by atoms with van der Waals surface area (Å²) in [6.45, 7) is 0.174. The lowest BCUT2D eigenvalue weighted by Gasteiger charge is -2.27. The van der Waals surface area contributed by atoms with E-state index in [4.69, 9.17) is 21.2 Å². The second-order valence-corrected chi connectivity index (χ2v) is 9.67. The third kappa shape index (κ3) is 5.86. The molecule has 1 heterocycles. The molecule has 1 fully saturated rings. The number of nitrogens with one attached hydrogen (secondary N) is 1. The molecule has 3 aromatic rings. The largest absolute Gasteiger partial charge is 0.382 e. The molecule has 0 unspecified atom stereocenters. The van der Waals surface area contributed by atoms with Gasteiger partial charge in [-0.05, 0) is 55.5 Å². The van der Waals surface area contributed by atoms with Crippen LogP contribution in [0, 0.1) is 5.82 Å². The topological polar surface area (TPSA) is 116 Å². The van der Waals surface area contributed by atoms with Gasteiger partial charge in [0.15, 0.2) is 0 Å². The predicted octanol–water partition coefficient (Wildman–Crippen LogP) is 4.73. The van der Waals surface area contributed by atoms with Crippen LogP contribution in [0.5, 0.6) is 0 Å². The number of hydrogen-bond acceptors (Lipinski definition) is 6. The Balaban J connectivity index is 1.53. The zero-order chi connectivity index (χ0) is 24.9. The molecule has 0 aliphatic heterocycles. The van der Waals surface area contributed by atoms with Gasteiger partial charge < -0.3 is 21.5 Å². The Morgan fingerprint density at radius 3 is 2.66 bits per heavy atom. The number of ether oxygens (including phenoxy) is 1. The molecule has 0 radical (unpaired) electrons. The van der Waals surface area contributed by atoms with Gasteiger partial charge in [-0.25, -0.2) is 14.4 Å². The van der Waals surface area contributed by atoms with Gasteiger partial charge in [0.25, 0.3) is 5.91 Å². The molecule has 5 N–H and O–H groups in total. The third-order valence-electron chi connectivity index (χ3n) is 6.52. The fourth-order valence-electron chi connectivity index (χ4n) is 4.50. The van der Waals surface area contributed by atoms with Gasteiger partial charge in [-0.15, -0.1) is 0 Å². The Labute approximate surface area is 212 Å². The van der Waals surface area contributed by atoms with Crippen LogP contribution < -0.4 is 16.8 Å². The molecule has 1 aliphatic carbocycles. The molecule has 1 aromatic heterocycles. The molecule has 0 bridgehead atoms. The van der Waals surface area contributed by atoms with Crippen LogP contribution in [0.3, 0.4) is 0 Å². The quantitative estimate of drug-likeness (QED) is 0.398. The van der Waals surface area contributed by atoms with Gasteiger partial charge in [-0.1, -0.05) is 34.1 Å². The minimum atomic E-state index is -0.669. The summed E-state index contributed by atoms with van der Waals surface area (Å²) in [5.41, 5.74) is 14.4. The van der Waals surface area contributed by atoms with Crippen molar-refractivity contribution < 1.29 is 13.9 Å². The van der Waals surface area contributed by atoms with Crippen LogP contribution in [0.4, 0.5) is 10.2 Å². The molecule has 184 valence electrons. The van der Waals surface area contributed by atoms with Crippen LogP contribution in [0.1, 0.15) is 59.3 Å². The number of hydrogen-bond donors (Lipinski definition) is 3. The number of carbonyl (C=O) groups is 1. The van der Waals surface area contributed by atoms with Gasteiger partial charge in [0.1, 0.15) is 17.3 Å². The monoisotopic (exact) mass is 541 g/mol. The highest BCUT2D eigenvalue weighted by Gasteiger charge is 2.25. The summed E-state index contributed by atoms with van der Waals surface area (Å²) in [4.78, 5) is 21.9. The molecule has 2 aromatic carbocycles. The first-order valence-electron chi connectivity index (χ1n) is 11.6. The zero-order valence-electron chi connectivity index (χ0n) is 19.5. The lowest BCUT2D eigenvalue weighted by Crippen LogP contribution is -2.33. The van der Waals surface area contributed by atoms with Crippen molar-refractivity contribution in [3.8, 4) is 11.3 Å². The number of halogens is 2. The molecular formula is C26H29BrFN5O2. The van der Waals surface area contributed by atoms with E-state index in [2.05, 4.69) is 26.2 Å². The summed E-state index contributed by atoms with van der Waals surface area (Å²) < 4.78 is 21.4. The summed E-state index contributed by atoms with van der Waals surface area (Å²) >= 11 is 3.41. The minimum Gasteiger partial charge on any atom is -0.382 e. The number of anilines is 1. The Morgan fingerprint density at radius 1 is 1.23 bits per heavy atom. The smallest absolute Gasteiger partial charge is 0.254 e. The summed E-state index contributed by atoms with van der Waals surface area (Å²) in [6.07, 6.45) is 5.80. The number of nitrogens with two attached hydrogens (primary N) is 2. The Bertz CT molecular complexity index is 1200. The number of nitrogens with zero attached hydrogens (tertiary/aromatic N) is 2. The average molecular weight is 542 g/mol. The van der Waals surface area contributed by atoms with Gasteiger partial charge in [0.2, 0.25) is 0 Å². The van der Waals surface area contributed by atoms with E-state index < -0.39 is 17.8 Å². The molecule has 7 nitrogen and oxygen atoms in total. The maximum Gasteiger partial charge on any atom is 0.254 e. The summed E-state index contributed by atoms with van der Waals surface area (Å²) in [7, 11) is 1.74. The number of benzene rings is 2. The highest BCUT2D eigenvalue weighted by Crippen LogP contribution is 2.34. The summed E-state index contributed by atoms with van der Waals surface area (Å²) in [5, 5.41) is 2.81. The highest BCUT2D eigenvalue weighted by atomic mass is 79.9. The first-order valence-corrected chi connectivity index (χ1v) is 12.4. The second-order valence-electron chi connectivity index (χ2n) is 8.75. The number of aromatic nitrogens is 2.